The molecule has 0 saturated carbocycles. The molecule has 0 bridgehead atoms. The van der Waals surface area contributed by atoms with Gasteiger partial charge in [0.05, 0.1) is 17.8 Å². The summed E-state index contributed by atoms with van der Waals surface area (Å²) in [6.45, 7) is 5.09. The second-order valence-corrected chi connectivity index (χ2v) is 7.89. The number of hydrogen-bond acceptors (Lipinski definition) is 5. The highest BCUT2D eigenvalue weighted by atomic mass is 31.2. The van der Waals surface area contributed by atoms with Crippen molar-refractivity contribution in [2.75, 3.05) is 12.4 Å². The van der Waals surface area contributed by atoms with Gasteiger partial charge in [0, 0.05) is 12.6 Å². The topological polar surface area (TPSA) is 127 Å². The molecule has 0 aliphatic rings. The van der Waals surface area contributed by atoms with Gasteiger partial charge in [-0.2, -0.15) is 0 Å². The summed E-state index contributed by atoms with van der Waals surface area (Å²) in [5.74, 6) is -3.31. The van der Waals surface area contributed by atoms with Crippen molar-refractivity contribution in [3.8, 4) is 0 Å². The Labute approximate surface area is 112 Å². The zero-order chi connectivity index (χ0) is 15.3. The molecule has 0 saturated heterocycles. The summed E-state index contributed by atoms with van der Waals surface area (Å²) in [6.07, 6.45) is -0.899. The second-order valence-electron chi connectivity index (χ2n) is 5.35. The molecule has 0 rings (SSSR count). The summed E-state index contributed by atoms with van der Waals surface area (Å²) >= 11 is 0. The van der Waals surface area contributed by atoms with Crippen LogP contribution in [0.15, 0.2) is 0 Å². The Morgan fingerprint density at radius 3 is 2.16 bits per heavy atom. The summed E-state index contributed by atoms with van der Waals surface area (Å²) in [6, 6.07) is 0. The molecule has 19 heavy (non-hydrogen) atoms. The number of rotatable bonds is 8. The predicted octanol–water partition coefficient (Wildman–Crippen LogP) is 1.56. The van der Waals surface area contributed by atoms with Crippen LogP contribution in [0.5, 0.6) is 0 Å². The fraction of sp³-hybridized carbons (Fsp3) is 0.818. The summed E-state index contributed by atoms with van der Waals surface area (Å²) in [5.41, 5.74) is 4.72. The van der Waals surface area contributed by atoms with E-state index in [2.05, 4.69) is 0 Å². The van der Waals surface area contributed by atoms with Gasteiger partial charge in [0.25, 0.3) is 0 Å². The largest absolute Gasteiger partial charge is 0.481 e. The Balaban J connectivity index is 4.83. The van der Waals surface area contributed by atoms with Crippen molar-refractivity contribution >= 4 is 19.3 Å². The van der Waals surface area contributed by atoms with Crippen LogP contribution in [0.25, 0.3) is 0 Å². The van der Waals surface area contributed by atoms with Crippen molar-refractivity contribution in [3.63, 3.8) is 0 Å². The molecular formula is C11H22NO6P. The third-order valence-corrected chi connectivity index (χ3v) is 4.71. The Bertz CT molecular complexity index is 376. The van der Waals surface area contributed by atoms with E-state index in [0.717, 1.165) is 0 Å². The average Bonchev–Trinajstić information content (AvgIpc) is 2.21. The maximum Gasteiger partial charge on any atom is 0.307 e. The Hall–Kier alpha value is -0.910. The second kappa shape index (κ2) is 7.03. The van der Waals surface area contributed by atoms with E-state index in [1.165, 1.54) is 0 Å². The average molecular weight is 295 g/mol. The van der Waals surface area contributed by atoms with E-state index >= 15 is 0 Å². The molecule has 2 atom stereocenters. The molecule has 0 amide bonds. The number of carboxylic acids is 2. The smallest absolute Gasteiger partial charge is 0.307 e. The quantitative estimate of drug-likeness (QED) is 0.580. The predicted molar refractivity (Wildman–Crippen MR) is 70.4 cm³/mol. The van der Waals surface area contributed by atoms with Crippen LogP contribution < -0.4 is 5.73 Å². The zero-order valence-electron chi connectivity index (χ0n) is 11.5. The van der Waals surface area contributed by atoms with Crippen molar-refractivity contribution in [1.82, 2.24) is 0 Å². The number of aliphatic carboxylic acids is 2. The van der Waals surface area contributed by atoms with Crippen LogP contribution in [0, 0.1) is 5.92 Å². The highest BCUT2D eigenvalue weighted by molar-refractivity contribution is 7.59. The van der Waals surface area contributed by atoms with E-state index in [1.54, 1.807) is 20.8 Å². The number of carbonyl (C=O) groups is 2. The summed E-state index contributed by atoms with van der Waals surface area (Å²) in [5, 5.41) is 17.6. The SMILES string of the molecule is CC(C)(C)OP(=O)(CN)CC(CCC(=O)O)C(=O)O. The van der Waals surface area contributed by atoms with Crippen LogP contribution in [-0.4, -0.2) is 40.2 Å². The Kier molecular flexibility index (Phi) is 6.69. The Morgan fingerprint density at radius 1 is 1.32 bits per heavy atom. The van der Waals surface area contributed by atoms with Gasteiger partial charge in [0.15, 0.2) is 0 Å². The minimum Gasteiger partial charge on any atom is -0.481 e. The first kappa shape index (κ1) is 18.1. The number of carboxylic acid groups (broad SMARTS) is 2. The van der Waals surface area contributed by atoms with Crippen molar-refractivity contribution in [2.45, 2.75) is 39.2 Å². The number of nitrogens with two attached hydrogens (primary N) is 1. The first-order valence-corrected chi connectivity index (χ1v) is 7.92. The van der Waals surface area contributed by atoms with Gasteiger partial charge in [-0.05, 0) is 27.2 Å². The van der Waals surface area contributed by atoms with Gasteiger partial charge < -0.3 is 20.5 Å². The fourth-order valence-corrected chi connectivity index (χ4v) is 3.88. The molecule has 0 aliphatic heterocycles. The molecule has 2 unspecified atom stereocenters. The molecule has 0 fully saturated rings. The molecule has 4 N–H and O–H groups in total. The van der Waals surface area contributed by atoms with Crippen LogP contribution in [-0.2, 0) is 18.7 Å². The molecule has 0 aliphatic carbocycles. The lowest BCUT2D eigenvalue weighted by Gasteiger charge is -2.28. The van der Waals surface area contributed by atoms with Crippen LogP contribution in [0.2, 0.25) is 0 Å². The summed E-state index contributed by atoms with van der Waals surface area (Å²) < 4.78 is 17.8. The van der Waals surface area contributed by atoms with Crippen molar-refractivity contribution in [2.24, 2.45) is 11.7 Å². The van der Waals surface area contributed by atoms with Gasteiger partial charge >= 0.3 is 11.9 Å². The fourth-order valence-electron chi connectivity index (χ4n) is 1.57. The van der Waals surface area contributed by atoms with Gasteiger partial charge in [-0.15, -0.1) is 0 Å². The van der Waals surface area contributed by atoms with Crippen LogP contribution >= 0.6 is 7.37 Å². The van der Waals surface area contributed by atoms with Crippen molar-refractivity contribution in [3.05, 3.63) is 0 Å². The minimum atomic E-state index is -3.29. The third kappa shape index (κ3) is 7.97. The van der Waals surface area contributed by atoms with Gasteiger partial charge in [-0.3, -0.25) is 14.2 Å². The van der Waals surface area contributed by atoms with E-state index in [-0.39, 0.29) is 25.3 Å². The zero-order valence-corrected chi connectivity index (χ0v) is 12.4. The lowest BCUT2D eigenvalue weighted by Crippen LogP contribution is -2.26. The van der Waals surface area contributed by atoms with E-state index in [4.69, 9.17) is 20.5 Å². The molecule has 0 radical (unpaired) electrons. The molecule has 0 aromatic rings. The number of hydrogen-bond donors (Lipinski definition) is 3. The summed E-state index contributed by atoms with van der Waals surface area (Å²) in [4.78, 5) is 21.5. The van der Waals surface area contributed by atoms with Gasteiger partial charge in [0.1, 0.15) is 0 Å². The van der Waals surface area contributed by atoms with Crippen LogP contribution in [0.1, 0.15) is 33.6 Å². The molecular weight excluding hydrogens is 273 g/mol. The summed E-state index contributed by atoms with van der Waals surface area (Å²) in [7, 11) is -3.29. The van der Waals surface area contributed by atoms with Gasteiger partial charge in [-0.1, -0.05) is 0 Å². The highest BCUT2D eigenvalue weighted by Gasteiger charge is 2.34. The minimum absolute atomic E-state index is 0.0951. The molecule has 8 heteroatoms. The lowest BCUT2D eigenvalue weighted by atomic mass is 10.1. The maximum atomic E-state index is 12.4. The maximum absolute atomic E-state index is 12.4. The normalized spacial score (nSPS) is 16.6. The first-order valence-electron chi connectivity index (χ1n) is 5.92. The van der Waals surface area contributed by atoms with E-state index < -0.39 is 30.8 Å². The standard InChI is InChI=1S/C11H22NO6P/c1-11(2,3)18-19(17,7-12)6-8(10(15)16)4-5-9(13)14/h8H,4-7,12H2,1-3H3,(H,13,14)(H,15,16). The third-order valence-electron chi connectivity index (χ3n) is 2.27. The van der Waals surface area contributed by atoms with Crippen molar-refractivity contribution < 1.29 is 28.9 Å². The van der Waals surface area contributed by atoms with E-state index in [1.807, 2.05) is 0 Å². The van der Waals surface area contributed by atoms with Crippen LogP contribution in [0.4, 0.5) is 0 Å². The molecule has 0 aromatic heterocycles. The molecule has 7 nitrogen and oxygen atoms in total. The van der Waals surface area contributed by atoms with E-state index in [0.29, 0.717) is 0 Å². The van der Waals surface area contributed by atoms with Gasteiger partial charge in [0.2, 0.25) is 7.37 Å². The Morgan fingerprint density at radius 2 is 1.84 bits per heavy atom. The van der Waals surface area contributed by atoms with E-state index in [9.17, 15) is 14.2 Å². The van der Waals surface area contributed by atoms with Crippen LogP contribution in [0.3, 0.4) is 0 Å². The molecule has 112 valence electrons. The monoisotopic (exact) mass is 295 g/mol. The lowest BCUT2D eigenvalue weighted by molar-refractivity contribution is -0.142. The van der Waals surface area contributed by atoms with Gasteiger partial charge in [-0.25, -0.2) is 0 Å². The van der Waals surface area contributed by atoms with Crippen molar-refractivity contribution in [1.29, 1.82) is 0 Å². The molecule has 0 heterocycles. The molecule has 0 aromatic carbocycles. The first-order chi connectivity index (χ1) is 8.49. The molecule has 0 spiro atoms. The highest BCUT2D eigenvalue weighted by Crippen LogP contribution is 2.50.